The fraction of sp³-hybridized carbons (Fsp3) is 0. The lowest BCUT2D eigenvalue weighted by Crippen LogP contribution is -2.13. The number of nitrogens with zero attached hydrogens (tertiary/aromatic N) is 3. The number of aromatic nitrogens is 3. The molecule has 19 heavy (non-hydrogen) atoms. The van der Waals surface area contributed by atoms with Crippen molar-refractivity contribution in [1.29, 1.82) is 0 Å². The van der Waals surface area contributed by atoms with Crippen molar-refractivity contribution in [2.24, 2.45) is 0 Å². The van der Waals surface area contributed by atoms with Crippen LogP contribution in [0.15, 0.2) is 40.6 Å². The number of fused-ring (bicyclic) bond motifs is 1. The maximum absolute atomic E-state index is 12.8. The molecule has 0 saturated carbocycles. The molecule has 0 radical (unpaired) electrons. The Kier molecular flexibility index (Phi) is 2.92. The summed E-state index contributed by atoms with van der Waals surface area (Å²) >= 11 is 1.30. The first-order valence-corrected chi connectivity index (χ1v) is 6.37. The highest BCUT2D eigenvalue weighted by atomic mass is 32.1. The molecule has 1 aromatic carbocycles. The Balaban J connectivity index is 1.96. The van der Waals surface area contributed by atoms with Gasteiger partial charge in [-0.3, -0.25) is 4.79 Å². The van der Waals surface area contributed by atoms with Gasteiger partial charge in [0.05, 0.1) is 5.69 Å². The van der Waals surface area contributed by atoms with Crippen LogP contribution in [0.4, 0.5) is 4.39 Å². The van der Waals surface area contributed by atoms with Crippen LogP contribution in [0.2, 0.25) is 0 Å². The largest absolute Gasteiger partial charge is 0.275 e. The highest BCUT2D eigenvalue weighted by Crippen LogP contribution is 2.09. The SMILES string of the molecule is O=c1cc(/C=C/c2ccc(F)cc2)nc2scnn12. The van der Waals surface area contributed by atoms with Crippen molar-refractivity contribution in [3.05, 3.63) is 63.3 Å². The third-order valence-corrected chi connectivity index (χ3v) is 3.20. The van der Waals surface area contributed by atoms with Crippen LogP contribution in [0.25, 0.3) is 17.1 Å². The fourth-order valence-electron chi connectivity index (χ4n) is 1.61. The minimum absolute atomic E-state index is 0.218. The second kappa shape index (κ2) is 4.74. The van der Waals surface area contributed by atoms with E-state index in [0.717, 1.165) is 5.56 Å². The lowest BCUT2D eigenvalue weighted by atomic mass is 10.2. The van der Waals surface area contributed by atoms with Gasteiger partial charge >= 0.3 is 0 Å². The summed E-state index contributed by atoms with van der Waals surface area (Å²) in [5, 5.41) is 3.88. The van der Waals surface area contributed by atoms with E-state index in [9.17, 15) is 9.18 Å². The zero-order valence-corrected chi connectivity index (χ0v) is 10.5. The van der Waals surface area contributed by atoms with E-state index < -0.39 is 0 Å². The van der Waals surface area contributed by atoms with Crippen LogP contribution in [0, 0.1) is 5.82 Å². The Bertz CT molecular complexity index is 805. The lowest BCUT2D eigenvalue weighted by Gasteiger charge is -1.95. The molecule has 94 valence electrons. The van der Waals surface area contributed by atoms with Gasteiger partial charge in [0.2, 0.25) is 4.96 Å². The van der Waals surface area contributed by atoms with E-state index in [1.165, 1.54) is 34.1 Å². The molecule has 3 rings (SSSR count). The average molecular weight is 273 g/mol. The Morgan fingerprint density at radius 2 is 2.00 bits per heavy atom. The summed E-state index contributed by atoms with van der Waals surface area (Å²) in [6, 6.07) is 7.49. The number of hydrogen-bond acceptors (Lipinski definition) is 4. The lowest BCUT2D eigenvalue weighted by molar-refractivity contribution is 0.628. The Morgan fingerprint density at radius 1 is 1.21 bits per heavy atom. The second-order valence-electron chi connectivity index (χ2n) is 3.84. The molecule has 0 aliphatic heterocycles. The average Bonchev–Trinajstić information content (AvgIpc) is 2.87. The van der Waals surface area contributed by atoms with Gasteiger partial charge < -0.3 is 0 Å². The topological polar surface area (TPSA) is 47.3 Å². The van der Waals surface area contributed by atoms with E-state index in [0.29, 0.717) is 10.7 Å². The molecule has 6 heteroatoms. The zero-order chi connectivity index (χ0) is 13.2. The molecule has 0 unspecified atom stereocenters. The van der Waals surface area contributed by atoms with Crippen LogP contribution in [0.1, 0.15) is 11.3 Å². The highest BCUT2D eigenvalue weighted by Gasteiger charge is 2.01. The van der Waals surface area contributed by atoms with Crippen molar-refractivity contribution in [1.82, 2.24) is 14.6 Å². The number of benzene rings is 1. The van der Waals surface area contributed by atoms with Gasteiger partial charge in [-0.15, -0.1) is 0 Å². The molecule has 2 heterocycles. The van der Waals surface area contributed by atoms with E-state index in [2.05, 4.69) is 10.1 Å². The van der Waals surface area contributed by atoms with Crippen molar-refractivity contribution < 1.29 is 4.39 Å². The quantitative estimate of drug-likeness (QED) is 0.720. The molecule has 0 aliphatic carbocycles. The van der Waals surface area contributed by atoms with Gasteiger partial charge in [0.15, 0.2) is 0 Å². The smallest absolute Gasteiger partial charge is 0.267 e. The molecule has 0 amide bonds. The van der Waals surface area contributed by atoms with Gasteiger partial charge in [-0.25, -0.2) is 9.37 Å². The fourth-order valence-corrected chi connectivity index (χ4v) is 2.24. The highest BCUT2D eigenvalue weighted by molar-refractivity contribution is 7.14. The molecule has 0 fully saturated rings. The standard InChI is InChI=1S/C13H8FN3OS/c14-10-4-1-9(2-5-10)3-6-11-7-12(18)17-13(16-11)19-8-15-17/h1-8H/b6-3+. The summed E-state index contributed by atoms with van der Waals surface area (Å²) in [5.41, 5.74) is 2.74. The molecule has 0 bridgehead atoms. The minimum Gasteiger partial charge on any atom is -0.267 e. The van der Waals surface area contributed by atoms with Crippen molar-refractivity contribution in [3.8, 4) is 0 Å². The molecular weight excluding hydrogens is 265 g/mol. The number of hydrogen-bond donors (Lipinski definition) is 0. The van der Waals surface area contributed by atoms with E-state index in [4.69, 9.17) is 0 Å². The third-order valence-electron chi connectivity index (χ3n) is 2.52. The van der Waals surface area contributed by atoms with Gasteiger partial charge in [0.25, 0.3) is 5.56 Å². The predicted octanol–water partition coefficient (Wildman–Crippen LogP) is 2.46. The third kappa shape index (κ3) is 2.43. The van der Waals surface area contributed by atoms with Crippen molar-refractivity contribution in [3.63, 3.8) is 0 Å². The van der Waals surface area contributed by atoms with Crippen molar-refractivity contribution in [2.75, 3.05) is 0 Å². The van der Waals surface area contributed by atoms with Gasteiger partial charge in [-0.2, -0.15) is 9.61 Å². The van der Waals surface area contributed by atoms with Gasteiger partial charge in [0.1, 0.15) is 11.3 Å². The first-order chi connectivity index (χ1) is 9.22. The van der Waals surface area contributed by atoms with Gasteiger partial charge in [-0.1, -0.05) is 29.5 Å². The van der Waals surface area contributed by atoms with Crippen molar-refractivity contribution >= 4 is 28.4 Å². The number of rotatable bonds is 2. The molecular formula is C13H8FN3OS. The van der Waals surface area contributed by atoms with E-state index in [1.807, 2.05) is 0 Å². The summed E-state index contributed by atoms with van der Waals surface area (Å²) in [6.45, 7) is 0. The zero-order valence-electron chi connectivity index (χ0n) is 9.65. The van der Waals surface area contributed by atoms with Gasteiger partial charge in [-0.05, 0) is 23.8 Å². The Morgan fingerprint density at radius 3 is 2.79 bits per heavy atom. The van der Waals surface area contributed by atoms with Crippen LogP contribution in [0.3, 0.4) is 0 Å². The second-order valence-corrected chi connectivity index (χ2v) is 4.65. The van der Waals surface area contributed by atoms with Crippen LogP contribution in [0.5, 0.6) is 0 Å². The minimum atomic E-state index is -0.278. The van der Waals surface area contributed by atoms with E-state index >= 15 is 0 Å². The van der Waals surface area contributed by atoms with Crippen LogP contribution in [-0.2, 0) is 0 Å². The maximum atomic E-state index is 12.8. The summed E-state index contributed by atoms with van der Waals surface area (Å²) in [6.07, 6.45) is 3.49. The first-order valence-electron chi connectivity index (χ1n) is 5.49. The number of halogens is 1. The molecule has 0 spiro atoms. The monoisotopic (exact) mass is 273 g/mol. The molecule has 0 N–H and O–H groups in total. The van der Waals surface area contributed by atoms with Crippen LogP contribution in [-0.4, -0.2) is 14.6 Å². The molecule has 0 aliphatic rings. The Hall–Kier alpha value is -2.34. The van der Waals surface area contributed by atoms with E-state index in [-0.39, 0.29) is 11.4 Å². The first kappa shape index (κ1) is 11.7. The molecule has 4 nitrogen and oxygen atoms in total. The maximum Gasteiger partial charge on any atom is 0.275 e. The van der Waals surface area contributed by atoms with E-state index in [1.54, 1.807) is 29.8 Å². The summed E-state index contributed by atoms with van der Waals surface area (Å²) in [4.78, 5) is 16.5. The summed E-state index contributed by atoms with van der Waals surface area (Å²) in [5.74, 6) is -0.278. The summed E-state index contributed by atoms with van der Waals surface area (Å²) in [7, 11) is 0. The van der Waals surface area contributed by atoms with Crippen molar-refractivity contribution in [2.45, 2.75) is 0 Å². The molecule has 0 saturated heterocycles. The van der Waals surface area contributed by atoms with Crippen LogP contribution >= 0.6 is 11.3 Å². The summed E-state index contributed by atoms with van der Waals surface area (Å²) < 4.78 is 14.0. The predicted molar refractivity (Wildman–Crippen MR) is 72.5 cm³/mol. The Labute approximate surface area is 111 Å². The normalized spacial score (nSPS) is 11.4. The molecule has 0 atom stereocenters. The molecule has 2 aromatic heterocycles. The van der Waals surface area contributed by atoms with Gasteiger partial charge in [0, 0.05) is 6.07 Å². The van der Waals surface area contributed by atoms with Crippen LogP contribution < -0.4 is 5.56 Å². The molecule has 3 aromatic rings.